The molecule has 2 aromatic heterocycles. The lowest BCUT2D eigenvalue weighted by Crippen LogP contribution is -2.38. The number of carbonyl (C=O) groups is 1. The number of nitrogens with one attached hydrogen (secondary N) is 1. The third-order valence-electron chi connectivity index (χ3n) is 5.51. The van der Waals surface area contributed by atoms with Crippen LogP contribution in [0, 0.1) is 6.92 Å². The van der Waals surface area contributed by atoms with Gasteiger partial charge in [0.05, 0.1) is 10.9 Å². The van der Waals surface area contributed by atoms with E-state index in [1.807, 2.05) is 17.5 Å². The Hall–Kier alpha value is -2.44. The number of carbonyl (C=O) groups excluding carboxylic acids is 1. The first-order chi connectivity index (χ1) is 14.2. The van der Waals surface area contributed by atoms with Crippen LogP contribution in [0.1, 0.15) is 53.3 Å². The van der Waals surface area contributed by atoms with Crippen LogP contribution in [0.5, 0.6) is 0 Å². The third-order valence-corrected chi connectivity index (χ3v) is 6.39. The molecule has 0 radical (unpaired) electrons. The molecule has 152 valence electrons. The molecule has 0 aliphatic carbocycles. The normalized spacial score (nSPS) is 16.3. The molecule has 1 amide bonds. The minimum absolute atomic E-state index is 0.168. The van der Waals surface area contributed by atoms with Crippen molar-refractivity contribution < 1.29 is 9.32 Å². The maximum absolute atomic E-state index is 12.7. The van der Waals surface area contributed by atoms with Crippen LogP contribution in [-0.2, 0) is 0 Å². The molecule has 5 nitrogen and oxygen atoms in total. The smallest absolute Gasteiger partial charge is 0.273 e. The van der Waals surface area contributed by atoms with Gasteiger partial charge in [0.15, 0.2) is 11.5 Å². The van der Waals surface area contributed by atoms with Gasteiger partial charge in [-0.15, -0.1) is 11.3 Å². The first-order valence-electron chi connectivity index (χ1n) is 10.3. The number of nitrogens with zero attached hydrogens (tertiary/aromatic N) is 2. The SMILES string of the molecule is Cc1ccc([C@@H](CNC(=O)c2cc(-c3cccs3)on2)N2CCCCCC2)cc1. The van der Waals surface area contributed by atoms with Crippen LogP contribution in [0.15, 0.2) is 52.4 Å². The molecule has 0 bridgehead atoms. The number of likely N-dealkylation sites (tertiary alicyclic amines) is 1. The lowest BCUT2D eigenvalue weighted by atomic mass is 10.0. The van der Waals surface area contributed by atoms with Crippen LogP contribution in [0.25, 0.3) is 10.6 Å². The van der Waals surface area contributed by atoms with Crippen LogP contribution in [-0.4, -0.2) is 35.6 Å². The number of hydrogen-bond donors (Lipinski definition) is 1. The monoisotopic (exact) mass is 409 g/mol. The van der Waals surface area contributed by atoms with E-state index in [1.54, 1.807) is 17.4 Å². The molecule has 3 heterocycles. The van der Waals surface area contributed by atoms with E-state index in [4.69, 9.17) is 4.52 Å². The van der Waals surface area contributed by atoms with Crippen LogP contribution >= 0.6 is 11.3 Å². The molecule has 1 aromatic carbocycles. The summed E-state index contributed by atoms with van der Waals surface area (Å²) in [5, 5.41) is 9.03. The van der Waals surface area contributed by atoms with Gasteiger partial charge in [-0.25, -0.2) is 0 Å². The van der Waals surface area contributed by atoms with E-state index < -0.39 is 0 Å². The van der Waals surface area contributed by atoms with Crippen molar-refractivity contribution in [2.24, 2.45) is 0 Å². The van der Waals surface area contributed by atoms with E-state index in [-0.39, 0.29) is 11.9 Å². The van der Waals surface area contributed by atoms with Gasteiger partial charge in [0, 0.05) is 12.6 Å². The van der Waals surface area contributed by atoms with Crippen molar-refractivity contribution in [1.29, 1.82) is 0 Å². The first-order valence-corrected chi connectivity index (χ1v) is 11.2. The summed E-state index contributed by atoms with van der Waals surface area (Å²) in [5.41, 5.74) is 2.82. The van der Waals surface area contributed by atoms with Crippen LogP contribution < -0.4 is 5.32 Å². The number of amides is 1. The number of aryl methyl sites for hydroxylation is 1. The molecule has 1 aliphatic heterocycles. The van der Waals surface area contributed by atoms with Crippen LogP contribution in [0.3, 0.4) is 0 Å². The molecule has 1 atom stereocenters. The highest BCUT2D eigenvalue weighted by molar-refractivity contribution is 7.13. The Morgan fingerprint density at radius 1 is 1.17 bits per heavy atom. The molecule has 4 rings (SSSR count). The van der Waals surface area contributed by atoms with E-state index in [0.29, 0.717) is 18.0 Å². The molecule has 29 heavy (non-hydrogen) atoms. The Labute approximate surface area is 175 Å². The zero-order chi connectivity index (χ0) is 20.1. The van der Waals surface area contributed by atoms with Crippen molar-refractivity contribution >= 4 is 17.2 Å². The second-order valence-electron chi connectivity index (χ2n) is 7.64. The zero-order valence-corrected chi connectivity index (χ0v) is 17.6. The van der Waals surface area contributed by atoms with Crippen molar-refractivity contribution in [2.45, 2.75) is 38.6 Å². The number of hydrogen-bond acceptors (Lipinski definition) is 5. The fraction of sp³-hybridized carbons (Fsp3) is 0.391. The predicted octanol–water partition coefficient (Wildman–Crippen LogP) is 5.06. The molecule has 1 aliphatic rings. The van der Waals surface area contributed by atoms with Crippen LogP contribution in [0.2, 0.25) is 0 Å². The molecule has 1 saturated heterocycles. The van der Waals surface area contributed by atoms with Gasteiger partial charge in [-0.3, -0.25) is 9.69 Å². The summed E-state index contributed by atoms with van der Waals surface area (Å²) >= 11 is 1.57. The summed E-state index contributed by atoms with van der Waals surface area (Å²) in [6.45, 7) is 4.80. The number of rotatable bonds is 6. The fourth-order valence-electron chi connectivity index (χ4n) is 3.85. The van der Waals surface area contributed by atoms with Gasteiger partial charge in [0.2, 0.25) is 0 Å². The Balaban J connectivity index is 1.47. The van der Waals surface area contributed by atoms with Crippen LogP contribution in [0.4, 0.5) is 0 Å². The lowest BCUT2D eigenvalue weighted by Gasteiger charge is -2.31. The number of thiophene rings is 1. The molecule has 1 N–H and O–H groups in total. The molecule has 1 fully saturated rings. The minimum atomic E-state index is -0.191. The zero-order valence-electron chi connectivity index (χ0n) is 16.8. The molecular formula is C23H27N3O2S. The van der Waals surface area contributed by atoms with Gasteiger partial charge in [-0.2, -0.15) is 0 Å². The lowest BCUT2D eigenvalue weighted by molar-refractivity contribution is 0.0924. The second kappa shape index (κ2) is 9.37. The molecule has 3 aromatic rings. The second-order valence-corrected chi connectivity index (χ2v) is 8.59. The Bertz CT molecular complexity index is 910. The summed E-state index contributed by atoms with van der Waals surface area (Å²) in [6.07, 6.45) is 5.00. The largest absolute Gasteiger partial charge is 0.355 e. The summed E-state index contributed by atoms with van der Waals surface area (Å²) in [6, 6.07) is 14.5. The van der Waals surface area contributed by atoms with Gasteiger partial charge in [0.1, 0.15) is 0 Å². The molecule has 0 unspecified atom stereocenters. The molecule has 0 spiro atoms. The Morgan fingerprint density at radius 3 is 2.62 bits per heavy atom. The van der Waals surface area contributed by atoms with Crippen molar-refractivity contribution in [1.82, 2.24) is 15.4 Å². The minimum Gasteiger partial charge on any atom is -0.355 e. The van der Waals surface area contributed by atoms with E-state index in [2.05, 4.69) is 46.6 Å². The van der Waals surface area contributed by atoms with Crippen molar-refractivity contribution in [3.8, 4) is 10.6 Å². The maximum atomic E-state index is 12.7. The Morgan fingerprint density at radius 2 is 1.93 bits per heavy atom. The summed E-state index contributed by atoms with van der Waals surface area (Å²) in [4.78, 5) is 16.2. The van der Waals surface area contributed by atoms with E-state index in [1.165, 1.54) is 36.8 Å². The van der Waals surface area contributed by atoms with Gasteiger partial charge in [-0.1, -0.05) is 53.9 Å². The molecule has 6 heteroatoms. The summed E-state index contributed by atoms with van der Waals surface area (Å²) in [7, 11) is 0. The topological polar surface area (TPSA) is 58.4 Å². The number of benzene rings is 1. The maximum Gasteiger partial charge on any atom is 0.273 e. The van der Waals surface area contributed by atoms with E-state index in [0.717, 1.165) is 18.0 Å². The van der Waals surface area contributed by atoms with E-state index >= 15 is 0 Å². The standard InChI is InChI=1S/C23H27N3O2S/c1-17-8-10-18(11-9-17)20(26-12-4-2-3-5-13-26)16-24-23(27)19-15-21(28-25-19)22-7-6-14-29-22/h6-11,14-15,20H,2-5,12-13,16H2,1H3,(H,24,27)/t20-/m1/s1. The highest BCUT2D eigenvalue weighted by Gasteiger charge is 2.23. The average molecular weight is 410 g/mol. The van der Waals surface area contributed by atoms with Crippen molar-refractivity contribution in [3.05, 3.63) is 64.7 Å². The highest BCUT2D eigenvalue weighted by atomic mass is 32.1. The Kier molecular flexibility index (Phi) is 6.42. The summed E-state index contributed by atoms with van der Waals surface area (Å²) in [5.74, 6) is 0.441. The van der Waals surface area contributed by atoms with Crippen molar-refractivity contribution in [2.75, 3.05) is 19.6 Å². The average Bonchev–Trinajstić information content (AvgIpc) is 3.37. The van der Waals surface area contributed by atoms with Crippen molar-refractivity contribution in [3.63, 3.8) is 0 Å². The molecular weight excluding hydrogens is 382 g/mol. The quantitative estimate of drug-likeness (QED) is 0.618. The predicted molar refractivity (Wildman–Crippen MR) is 116 cm³/mol. The molecule has 0 saturated carbocycles. The first kappa shape index (κ1) is 19.9. The van der Waals surface area contributed by atoms with Gasteiger partial charge >= 0.3 is 0 Å². The van der Waals surface area contributed by atoms with Gasteiger partial charge < -0.3 is 9.84 Å². The third kappa shape index (κ3) is 4.95. The van der Waals surface area contributed by atoms with Gasteiger partial charge in [0.25, 0.3) is 5.91 Å². The van der Waals surface area contributed by atoms with E-state index in [9.17, 15) is 4.79 Å². The fourth-order valence-corrected chi connectivity index (χ4v) is 4.52. The number of aromatic nitrogens is 1. The van der Waals surface area contributed by atoms with Gasteiger partial charge in [-0.05, 0) is 49.9 Å². The summed E-state index contributed by atoms with van der Waals surface area (Å²) < 4.78 is 5.36. The highest BCUT2D eigenvalue weighted by Crippen LogP contribution is 2.26.